The molecule has 118 valence electrons. The van der Waals surface area contributed by atoms with Gasteiger partial charge in [-0.1, -0.05) is 0 Å². The Labute approximate surface area is 126 Å². The van der Waals surface area contributed by atoms with Crippen molar-refractivity contribution in [1.29, 1.82) is 0 Å². The van der Waals surface area contributed by atoms with Crippen LogP contribution in [0.15, 0.2) is 18.2 Å². The molecular formula is C15H25N3O3. The normalized spacial score (nSPS) is 11.8. The van der Waals surface area contributed by atoms with Gasteiger partial charge in [0.2, 0.25) is 0 Å². The summed E-state index contributed by atoms with van der Waals surface area (Å²) in [7, 11) is 4.00. The largest absolute Gasteiger partial charge is 0.491 e. The van der Waals surface area contributed by atoms with Crippen LogP contribution in [0.2, 0.25) is 0 Å². The molecule has 0 atom stereocenters. The Morgan fingerprint density at radius 3 is 2.43 bits per heavy atom. The summed E-state index contributed by atoms with van der Waals surface area (Å²) in [5.41, 5.74) is 0.650. The highest BCUT2D eigenvalue weighted by Gasteiger charge is 2.20. The maximum Gasteiger partial charge on any atom is 0.275 e. The molecule has 0 bridgehead atoms. The zero-order chi connectivity index (χ0) is 16.2. The molecule has 0 aliphatic carbocycles. The van der Waals surface area contributed by atoms with Crippen molar-refractivity contribution < 1.29 is 9.66 Å². The molecule has 0 saturated heterocycles. The lowest BCUT2D eigenvalue weighted by Gasteiger charge is -2.33. The molecule has 0 aliphatic rings. The Hall–Kier alpha value is -1.82. The van der Waals surface area contributed by atoms with Crippen molar-refractivity contribution in [2.24, 2.45) is 0 Å². The van der Waals surface area contributed by atoms with E-state index in [2.05, 4.69) is 24.1 Å². The van der Waals surface area contributed by atoms with E-state index >= 15 is 0 Å². The van der Waals surface area contributed by atoms with E-state index in [1.54, 1.807) is 6.07 Å². The van der Waals surface area contributed by atoms with Crippen LogP contribution in [0, 0.1) is 10.1 Å². The van der Waals surface area contributed by atoms with E-state index in [1.807, 2.05) is 27.9 Å². The van der Waals surface area contributed by atoms with Crippen molar-refractivity contribution in [2.45, 2.75) is 39.3 Å². The zero-order valence-corrected chi connectivity index (χ0v) is 13.6. The summed E-state index contributed by atoms with van der Waals surface area (Å²) in [4.78, 5) is 12.7. The van der Waals surface area contributed by atoms with Crippen LogP contribution >= 0.6 is 0 Å². The number of rotatable bonds is 7. The third-order valence-corrected chi connectivity index (χ3v) is 3.41. The number of nitro groups is 1. The summed E-state index contributed by atoms with van der Waals surface area (Å²) in [5, 5.41) is 14.3. The van der Waals surface area contributed by atoms with Crippen LogP contribution in [-0.4, -0.2) is 42.1 Å². The maximum absolute atomic E-state index is 11.0. The quantitative estimate of drug-likeness (QED) is 0.618. The lowest BCUT2D eigenvalue weighted by molar-refractivity contribution is -0.384. The van der Waals surface area contributed by atoms with E-state index in [0.29, 0.717) is 18.0 Å². The molecule has 0 fully saturated rings. The number of hydrogen-bond acceptors (Lipinski definition) is 5. The molecule has 6 nitrogen and oxygen atoms in total. The highest BCUT2D eigenvalue weighted by Crippen LogP contribution is 2.27. The summed E-state index contributed by atoms with van der Waals surface area (Å²) >= 11 is 0. The third-order valence-electron chi connectivity index (χ3n) is 3.41. The van der Waals surface area contributed by atoms with Gasteiger partial charge in [-0.2, -0.15) is 0 Å². The van der Waals surface area contributed by atoms with Gasteiger partial charge in [-0.3, -0.25) is 10.1 Å². The Morgan fingerprint density at radius 2 is 1.95 bits per heavy atom. The van der Waals surface area contributed by atoms with Crippen LogP contribution in [0.3, 0.4) is 0 Å². The first-order valence-corrected chi connectivity index (χ1v) is 6.99. The summed E-state index contributed by atoms with van der Waals surface area (Å²) in [6.45, 7) is 8.65. The number of likely N-dealkylation sites (N-methyl/N-ethyl adjacent to an activating group) is 1. The fraction of sp³-hybridized carbons (Fsp3) is 0.600. The average molecular weight is 295 g/mol. The van der Waals surface area contributed by atoms with Gasteiger partial charge in [0.1, 0.15) is 5.75 Å². The molecule has 0 radical (unpaired) electrons. The van der Waals surface area contributed by atoms with Crippen LogP contribution in [0.25, 0.3) is 0 Å². The number of ether oxygens (including phenoxy) is 1. The van der Waals surface area contributed by atoms with E-state index in [4.69, 9.17) is 4.74 Å². The fourth-order valence-electron chi connectivity index (χ4n) is 1.61. The van der Waals surface area contributed by atoms with E-state index in [1.165, 1.54) is 12.1 Å². The standard InChI is InChI=1S/C15H25N3O3/c1-11(2)21-14-8-12(7-13(9-14)18(19)20)16-10-15(3,4)17(5)6/h7-9,11,16H,10H2,1-6H3. The fourth-order valence-corrected chi connectivity index (χ4v) is 1.61. The van der Waals surface area contributed by atoms with Gasteiger partial charge < -0.3 is 15.0 Å². The first-order valence-electron chi connectivity index (χ1n) is 6.99. The molecule has 1 aromatic rings. The van der Waals surface area contributed by atoms with Crippen molar-refractivity contribution in [1.82, 2.24) is 4.90 Å². The van der Waals surface area contributed by atoms with Gasteiger partial charge in [-0.05, 0) is 41.8 Å². The Bertz CT molecular complexity index is 499. The molecule has 0 amide bonds. The monoisotopic (exact) mass is 295 g/mol. The lowest BCUT2D eigenvalue weighted by Crippen LogP contribution is -2.44. The van der Waals surface area contributed by atoms with Gasteiger partial charge in [0.15, 0.2) is 0 Å². The lowest BCUT2D eigenvalue weighted by atomic mass is 10.0. The number of benzene rings is 1. The van der Waals surface area contributed by atoms with Crippen LogP contribution in [0.5, 0.6) is 5.75 Å². The molecule has 0 saturated carbocycles. The second-order valence-electron chi connectivity index (χ2n) is 6.20. The maximum atomic E-state index is 11.0. The SMILES string of the molecule is CC(C)Oc1cc(NCC(C)(C)N(C)C)cc([N+](=O)[O-])c1. The summed E-state index contributed by atoms with van der Waals surface area (Å²) in [6, 6.07) is 4.76. The van der Waals surface area contributed by atoms with Crippen molar-refractivity contribution in [3.63, 3.8) is 0 Å². The van der Waals surface area contributed by atoms with Crippen LogP contribution < -0.4 is 10.1 Å². The molecule has 0 heterocycles. The number of nitro benzene ring substituents is 1. The van der Waals surface area contributed by atoms with Gasteiger partial charge in [-0.25, -0.2) is 0 Å². The van der Waals surface area contributed by atoms with Crippen molar-refractivity contribution in [3.05, 3.63) is 28.3 Å². The number of nitrogens with zero attached hydrogens (tertiary/aromatic N) is 2. The highest BCUT2D eigenvalue weighted by atomic mass is 16.6. The van der Waals surface area contributed by atoms with Crippen LogP contribution in [0.4, 0.5) is 11.4 Å². The molecule has 21 heavy (non-hydrogen) atoms. The average Bonchev–Trinajstić information content (AvgIpc) is 2.35. The predicted octanol–water partition coefficient (Wildman–Crippen LogP) is 3.13. The predicted molar refractivity (Wildman–Crippen MR) is 85.1 cm³/mol. The topological polar surface area (TPSA) is 67.6 Å². The molecular weight excluding hydrogens is 270 g/mol. The smallest absolute Gasteiger partial charge is 0.275 e. The molecule has 1 rings (SSSR count). The van der Waals surface area contributed by atoms with Gasteiger partial charge in [0, 0.05) is 29.9 Å². The van der Waals surface area contributed by atoms with Crippen LogP contribution in [0.1, 0.15) is 27.7 Å². The minimum absolute atomic E-state index is 0.0262. The van der Waals surface area contributed by atoms with Gasteiger partial charge >= 0.3 is 0 Å². The molecule has 6 heteroatoms. The molecule has 0 aromatic heterocycles. The zero-order valence-electron chi connectivity index (χ0n) is 13.6. The minimum atomic E-state index is -0.407. The van der Waals surface area contributed by atoms with Crippen LogP contribution in [-0.2, 0) is 0 Å². The Kier molecular flexibility index (Phi) is 5.54. The van der Waals surface area contributed by atoms with Crippen molar-refractivity contribution in [2.75, 3.05) is 26.0 Å². The summed E-state index contributed by atoms with van der Waals surface area (Å²) in [5.74, 6) is 0.504. The first kappa shape index (κ1) is 17.2. The van der Waals surface area contributed by atoms with Gasteiger partial charge in [0.05, 0.1) is 17.1 Å². The Balaban J connectivity index is 2.95. The minimum Gasteiger partial charge on any atom is -0.491 e. The second kappa shape index (κ2) is 6.76. The number of nitrogens with one attached hydrogen (secondary N) is 1. The van der Waals surface area contributed by atoms with E-state index < -0.39 is 4.92 Å². The van der Waals surface area contributed by atoms with E-state index in [0.717, 1.165) is 0 Å². The Morgan fingerprint density at radius 1 is 1.33 bits per heavy atom. The molecule has 1 N–H and O–H groups in total. The molecule has 1 aromatic carbocycles. The number of non-ortho nitro benzene ring substituents is 1. The molecule has 0 aliphatic heterocycles. The number of anilines is 1. The van der Waals surface area contributed by atoms with E-state index in [9.17, 15) is 10.1 Å². The first-order chi connectivity index (χ1) is 9.61. The summed E-state index contributed by atoms with van der Waals surface area (Å²) in [6.07, 6.45) is -0.0296. The highest BCUT2D eigenvalue weighted by molar-refractivity contribution is 5.56. The van der Waals surface area contributed by atoms with E-state index in [-0.39, 0.29) is 17.3 Å². The van der Waals surface area contributed by atoms with Crippen molar-refractivity contribution >= 4 is 11.4 Å². The molecule has 0 unspecified atom stereocenters. The van der Waals surface area contributed by atoms with Crippen molar-refractivity contribution in [3.8, 4) is 5.75 Å². The molecule has 0 spiro atoms. The third kappa shape index (κ3) is 5.23. The second-order valence-corrected chi connectivity index (χ2v) is 6.20. The summed E-state index contributed by atoms with van der Waals surface area (Å²) < 4.78 is 5.57. The van der Waals surface area contributed by atoms with Gasteiger partial charge in [0.25, 0.3) is 5.69 Å². The van der Waals surface area contributed by atoms with Gasteiger partial charge in [-0.15, -0.1) is 0 Å². The number of hydrogen-bond donors (Lipinski definition) is 1.